The van der Waals surface area contributed by atoms with Crippen molar-refractivity contribution in [3.63, 3.8) is 0 Å². The largest absolute Gasteiger partial charge is 0.432 e. The molecule has 0 aromatic carbocycles. The molecule has 19 heavy (non-hydrogen) atoms. The summed E-state index contributed by atoms with van der Waals surface area (Å²) in [4.78, 5) is 4.10. The van der Waals surface area contributed by atoms with Gasteiger partial charge in [0.05, 0.1) is 5.69 Å². The van der Waals surface area contributed by atoms with Crippen LogP contribution in [-0.2, 0) is 9.47 Å². The van der Waals surface area contributed by atoms with Crippen LogP contribution >= 0.6 is 0 Å². The molecule has 102 valence electrons. The number of rotatable bonds is 6. The summed E-state index contributed by atoms with van der Waals surface area (Å²) in [6.07, 6.45) is 3.01. The molecule has 5 nitrogen and oxygen atoms in total. The van der Waals surface area contributed by atoms with Crippen LogP contribution in [0.3, 0.4) is 0 Å². The molecule has 2 aromatic rings. The molecule has 2 aromatic heterocycles. The molecule has 0 atom stereocenters. The van der Waals surface area contributed by atoms with Gasteiger partial charge in [-0.1, -0.05) is 0 Å². The first-order valence-electron chi connectivity index (χ1n) is 6.55. The van der Waals surface area contributed by atoms with Gasteiger partial charge in [0.1, 0.15) is 0 Å². The predicted octanol–water partition coefficient (Wildman–Crippen LogP) is 2.07. The Morgan fingerprint density at radius 3 is 2.63 bits per heavy atom. The molecule has 0 radical (unpaired) electrons. The molecule has 0 saturated carbocycles. The Labute approximate surface area is 113 Å². The molecule has 6 heteroatoms. The van der Waals surface area contributed by atoms with E-state index in [0.29, 0.717) is 13.2 Å². The lowest BCUT2D eigenvalue weighted by Crippen LogP contribution is -2.25. The minimum atomic E-state index is -0.654. The zero-order valence-corrected chi connectivity index (χ0v) is 11.5. The predicted molar refractivity (Wildman–Crippen MR) is 75.0 cm³/mol. The average Bonchev–Trinajstić information content (AvgIpc) is 2.77. The van der Waals surface area contributed by atoms with Crippen LogP contribution < -0.4 is 0 Å². The fraction of sp³-hybridized carbons (Fsp3) is 0.462. The number of fused-ring (bicyclic) bond motifs is 1. The number of aromatic nitrogens is 2. The first-order chi connectivity index (χ1) is 9.19. The van der Waals surface area contributed by atoms with Crippen LogP contribution in [0.5, 0.6) is 0 Å². The van der Waals surface area contributed by atoms with Crippen molar-refractivity contribution < 1.29 is 14.5 Å². The molecule has 0 bridgehead atoms. The van der Waals surface area contributed by atoms with Gasteiger partial charge in [-0.2, -0.15) is 0 Å². The summed E-state index contributed by atoms with van der Waals surface area (Å²) in [5.41, 5.74) is 1.73. The molecule has 0 spiro atoms. The Morgan fingerprint density at radius 1 is 1.37 bits per heavy atom. The fourth-order valence-corrected chi connectivity index (χ4v) is 2.22. The van der Waals surface area contributed by atoms with E-state index in [9.17, 15) is 5.02 Å². The van der Waals surface area contributed by atoms with E-state index < -0.39 is 13.3 Å². The molecule has 0 fully saturated rings. The van der Waals surface area contributed by atoms with Gasteiger partial charge in [0.2, 0.25) is 0 Å². The van der Waals surface area contributed by atoms with Crippen molar-refractivity contribution >= 4 is 18.0 Å². The molecule has 0 aliphatic carbocycles. The summed E-state index contributed by atoms with van der Waals surface area (Å²) < 4.78 is 13.0. The third-order valence-electron chi connectivity index (χ3n) is 2.92. The zero-order valence-electron chi connectivity index (χ0n) is 11.5. The molecule has 0 aliphatic heterocycles. The Hall–Kier alpha value is -1.37. The second-order valence-electron chi connectivity index (χ2n) is 4.25. The van der Waals surface area contributed by atoms with E-state index >= 15 is 0 Å². The Morgan fingerprint density at radius 2 is 2.05 bits per heavy atom. The van der Waals surface area contributed by atoms with Crippen LogP contribution in [0.15, 0.2) is 24.5 Å². The van der Waals surface area contributed by atoms with E-state index in [1.807, 2.05) is 30.5 Å². The number of hydrogen-bond acceptors (Lipinski definition) is 4. The van der Waals surface area contributed by atoms with Gasteiger partial charge in [-0.3, -0.25) is 4.98 Å². The summed E-state index contributed by atoms with van der Waals surface area (Å²) in [6, 6.07) is 3.82. The Kier molecular flexibility index (Phi) is 4.58. The standard InChI is InChI=1S/C13H19BN2O3/c1-4-18-13(19-5-2)12-8-10-9-15-7-6-11(10)16(12)14(3)17/h6-9,13,17H,4-5H2,1-3H3. The average molecular weight is 262 g/mol. The zero-order chi connectivity index (χ0) is 13.8. The van der Waals surface area contributed by atoms with E-state index in [1.54, 1.807) is 19.2 Å². The second-order valence-corrected chi connectivity index (χ2v) is 4.25. The maximum Gasteiger partial charge on any atom is 0.414 e. The topological polar surface area (TPSA) is 56.5 Å². The van der Waals surface area contributed by atoms with E-state index in [2.05, 4.69) is 4.98 Å². The smallest absolute Gasteiger partial charge is 0.414 e. The van der Waals surface area contributed by atoms with Crippen molar-refractivity contribution in [1.29, 1.82) is 0 Å². The monoisotopic (exact) mass is 262 g/mol. The number of ether oxygens (including phenoxy) is 2. The quantitative estimate of drug-likeness (QED) is 0.639. The van der Waals surface area contributed by atoms with Crippen molar-refractivity contribution in [1.82, 2.24) is 9.46 Å². The molecular weight excluding hydrogens is 243 g/mol. The van der Waals surface area contributed by atoms with Gasteiger partial charge in [-0.05, 0) is 32.8 Å². The summed E-state index contributed by atoms with van der Waals surface area (Å²) in [5.74, 6) is 0. The van der Waals surface area contributed by atoms with Crippen molar-refractivity contribution in [2.24, 2.45) is 0 Å². The SMILES string of the molecule is CCOC(OCC)c1cc2cnccc2n1B(C)O. The highest BCUT2D eigenvalue weighted by Gasteiger charge is 2.23. The van der Waals surface area contributed by atoms with E-state index in [-0.39, 0.29) is 0 Å². The third kappa shape index (κ3) is 2.81. The van der Waals surface area contributed by atoms with E-state index in [1.165, 1.54) is 0 Å². The van der Waals surface area contributed by atoms with Crippen molar-refractivity contribution in [3.8, 4) is 0 Å². The highest BCUT2D eigenvalue weighted by Crippen LogP contribution is 2.27. The molecular formula is C13H19BN2O3. The first kappa shape index (κ1) is 14.1. The summed E-state index contributed by atoms with van der Waals surface area (Å²) >= 11 is 0. The summed E-state index contributed by atoms with van der Waals surface area (Å²) in [5, 5.41) is 11.0. The van der Waals surface area contributed by atoms with Gasteiger partial charge < -0.3 is 19.0 Å². The first-order valence-corrected chi connectivity index (χ1v) is 6.55. The highest BCUT2D eigenvalue weighted by molar-refractivity contribution is 6.48. The molecule has 0 saturated heterocycles. The van der Waals surface area contributed by atoms with Gasteiger partial charge in [-0.15, -0.1) is 0 Å². The lowest BCUT2D eigenvalue weighted by atomic mass is 9.87. The Bertz CT molecular complexity index is 536. The molecule has 2 heterocycles. The van der Waals surface area contributed by atoms with Crippen LogP contribution in [0, 0.1) is 0 Å². The van der Waals surface area contributed by atoms with Gasteiger partial charge in [0.15, 0.2) is 6.29 Å². The number of nitrogens with zero attached hydrogens (tertiary/aromatic N) is 2. The Balaban J connectivity index is 2.53. The minimum Gasteiger partial charge on any atom is -0.432 e. The van der Waals surface area contributed by atoms with Crippen LogP contribution in [0.25, 0.3) is 10.9 Å². The van der Waals surface area contributed by atoms with Gasteiger partial charge in [0.25, 0.3) is 0 Å². The molecule has 2 rings (SSSR count). The number of pyridine rings is 1. The van der Waals surface area contributed by atoms with Crippen LogP contribution in [0.2, 0.25) is 6.82 Å². The van der Waals surface area contributed by atoms with Crippen molar-refractivity contribution in [2.75, 3.05) is 13.2 Å². The summed E-state index contributed by atoms with van der Waals surface area (Å²) in [7, 11) is -0.654. The normalized spacial score (nSPS) is 11.4. The van der Waals surface area contributed by atoms with Gasteiger partial charge in [0, 0.05) is 36.5 Å². The fourth-order valence-electron chi connectivity index (χ4n) is 2.22. The van der Waals surface area contributed by atoms with Gasteiger partial charge in [-0.25, -0.2) is 0 Å². The molecule has 0 unspecified atom stereocenters. The van der Waals surface area contributed by atoms with Gasteiger partial charge >= 0.3 is 7.05 Å². The van der Waals surface area contributed by atoms with Crippen LogP contribution in [-0.4, -0.2) is 34.8 Å². The highest BCUT2D eigenvalue weighted by atomic mass is 16.7. The van der Waals surface area contributed by atoms with Crippen molar-refractivity contribution in [2.45, 2.75) is 27.0 Å². The minimum absolute atomic E-state index is 0.475. The maximum atomic E-state index is 10.0. The van der Waals surface area contributed by atoms with E-state index in [4.69, 9.17) is 9.47 Å². The van der Waals surface area contributed by atoms with Crippen LogP contribution in [0.1, 0.15) is 25.8 Å². The lowest BCUT2D eigenvalue weighted by Gasteiger charge is -2.20. The summed E-state index contributed by atoms with van der Waals surface area (Å²) in [6.45, 7) is 6.65. The molecule has 0 aliphatic rings. The van der Waals surface area contributed by atoms with Crippen LogP contribution in [0.4, 0.5) is 0 Å². The lowest BCUT2D eigenvalue weighted by molar-refractivity contribution is -0.143. The third-order valence-corrected chi connectivity index (χ3v) is 2.92. The number of hydrogen-bond donors (Lipinski definition) is 1. The van der Waals surface area contributed by atoms with E-state index in [0.717, 1.165) is 16.6 Å². The maximum absolute atomic E-state index is 10.0. The molecule has 1 N–H and O–H groups in total. The molecule has 0 amide bonds. The second kappa shape index (κ2) is 6.19. The van der Waals surface area contributed by atoms with Crippen molar-refractivity contribution in [3.05, 3.63) is 30.2 Å².